The molecule has 2 aromatic carbocycles. The normalized spacial score (nSPS) is 11.5. The zero-order valence-electron chi connectivity index (χ0n) is 12.3. The summed E-state index contributed by atoms with van der Waals surface area (Å²) in [5, 5.41) is 22.9. The van der Waals surface area contributed by atoms with Gasteiger partial charge >= 0.3 is 5.97 Å². The van der Waals surface area contributed by atoms with Crippen LogP contribution in [0, 0.1) is 10.1 Å². The van der Waals surface area contributed by atoms with Gasteiger partial charge in [0.15, 0.2) is 6.04 Å². The number of benzene rings is 2. The second-order valence-corrected chi connectivity index (χ2v) is 5.39. The first-order valence-electron chi connectivity index (χ1n) is 6.88. The first-order chi connectivity index (χ1) is 11.4. The van der Waals surface area contributed by atoms with Gasteiger partial charge in [-0.25, -0.2) is 4.79 Å². The molecule has 0 aromatic heterocycles. The second kappa shape index (κ2) is 7.56. The number of amides is 1. The number of carboxylic acid groups (broad SMARTS) is 1. The molecule has 7 nitrogen and oxygen atoms in total. The molecule has 0 heterocycles. The quantitative estimate of drug-likeness (QED) is 0.616. The molecular formula is C16H13ClN2O5. The first-order valence-corrected chi connectivity index (χ1v) is 7.26. The van der Waals surface area contributed by atoms with Crippen molar-refractivity contribution in [3.05, 3.63) is 74.8 Å². The van der Waals surface area contributed by atoms with E-state index in [1.807, 2.05) is 0 Å². The number of aliphatic carboxylic acids is 1. The molecule has 0 spiro atoms. The fourth-order valence-electron chi connectivity index (χ4n) is 2.17. The lowest BCUT2D eigenvalue weighted by atomic mass is 10.1. The number of nitro groups is 1. The Morgan fingerprint density at radius 1 is 1.21 bits per heavy atom. The number of nitrogens with one attached hydrogen (secondary N) is 1. The summed E-state index contributed by atoms with van der Waals surface area (Å²) in [5.41, 5.74) is 0.271. The van der Waals surface area contributed by atoms with E-state index in [1.165, 1.54) is 12.1 Å². The summed E-state index contributed by atoms with van der Waals surface area (Å²) in [6.45, 7) is 0. The highest BCUT2D eigenvalue weighted by molar-refractivity contribution is 6.30. The van der Waals surface area contributed by atoms with E-state index in [-0.39, 0.29) is 22.7 Å². The van der Waals surface area contributed by atoms with E-state index < -0.39 is 22.8 Å². The monoisotopic (exact) mass is 348 g/mol. The Balaban J connectivity index is 2.18. The van der Waals surface area contributed by atoms with Crippen molar-refractivity contribution in [2.45, 2.75) is 12.5 Å². The Kier molecular flexibility index (Phi) is 5.49. The van der Waals surface area contributed by atoms with Gasteiger partial charge in [0, 0.05) is 16.7 Å². The Bertz CT molecular complexity index is 779. The van der Waals surface area contributed by atoms with Crippen LogP contribution in [0.3, 0.4) is 0 Å². The van der Waals surface area contributed by atoms with E-state index >= 15 is 0 Å². The van der Waals surface area contributed by atoms with Crippen molar-refractivity contribution >= 4 is 29.2 Å². The van der Waals surface area contributed by atoms with E-state index in [0.717, 1.165) is 6.07 Å². The predicted octanol–water partition coefficient (Wildman–Crippen LogP) is 2.73. The molecule has 0 aliphatic rings. The Morgan fingerprint density at radius 2 is 1.88 bits per heavy atom. The highest BCUT2D eigenvalue weighted by Crippen LogP contribution is 2.24. The molecule has 0 saturated heterocycles. The number of nitro benzene ring substituents is 1. The van der Waals surface area contributed by atoms with Gasteiger partial charge in [0.2, 0.25) is 5.91 Å². The highest BCUT2D eigenvalue weighted by Gasteiger charge is 2.23. The molecule has 2 rings (SSSR count). The third kappa shape index (κ3) is 4.30. The van der Waals surface area contributed by atoms with Gasteiger partial charge in [0.25, 0.3) is 5.69 Å². The number of rotatable bonds is 6. The van der Waals surface area contributed by atoms with Crippen molar-refractivity contribution in [1.29, 1.82) is 0 Å². The van der Waals surface area contributed by atoms with Crippen LogP contribution < -0.4 is 5.32 Å². The summed E-state index contributed by atoms with van der Waals surface area (Å²) in [5.74, 6) is -1.86. The molecule has 2 N–H and O–H groups in total. The lowest BCUT2D eigenvalue weighted by Crippen LogP contribution is -2.34. The van der Waals surface area contributed by atoms with Crippen molar-refractivity contribution in [1.82, 2.24) is 5.32 Å². The molecule has 0 aliphatic heterocycles. The zero-order chi connectivity index (χ0) is 17.7. The second-order valence-electron chi connectivity index (χ2n) is 4.96. The van der Waals surface area contributed by atoms with Crippen LogP contribution in [-0.4, -0.2) is 21.9 Å². The molecule has 0 radical (unpaired) electrons. The maximum atomic E-state index is 12.1. The van der Waals surface area contributed by atoms with Crippen LogP contribution in [0.25, 0.3) is 0 Å². The number of hydrogen-bond acceptors (Lipinski definition) is 4. The van der Waals surface area contributed by atoms with E-state index in [1.54, 1.807) is 30.3 Å². The number of halogens is 1. The Morgan fingerprint density at radius 3 is 2.46 bits per heavy atom. The third-order valence-corrected chi connectivity index (χ3v) is 3.52. The van der Waals surface area contributed by atoms with Crippen LogP contribution in [0.4, 0.5) is 5.69 Å². The molecule has 0 saturated carbocycles. The Hall–Kier alpha value is -2.93. The molecular weight excluding hydrogens is 336 g/mol. The number of carbonyl (C=O) groups excluding carboxylic acids is 1. The van der Waals surface area contributed by atoms with E-state index in [9.17, 15) is 24.8 Å². The third-order valence-electron chi connectivity index (χ3n) is 3.28. The minimum Gasteiger partial charge on any atom is -0.479 e. The smallest absolute Gasteiger partial charge is 0.330 e. The molecule has 0 bridgehead atoms. The summed E-state index contributed by atoms with van der Waals surface area (Å²) in [7, 11) is 0. The molecule has 0 fully saturated rings. The molecule has 1 amide bonds. The van der Waals surface area contributed by atoms with Crippen molar-refractivity contribution in [2.24, 2.45) is 0 Å². The Labute approximate surface area is 142 Å². The van der Waals surface area contributed by atoms with Gasteiger partial charge in [0.05, 0.1) is 11.3 Å². The molecule has 124 valence electrons. The molecule has 1 atom stereocenters. The predicted molar refractivity (Wildman–Crippen MR) is 86.8 cm³/mol. The minimum atomic E-state index is -1.23. The summed E-state index contributed by atoms with van der Waals surface area (Å²) in [4.78, 5) is 33.9. The van der Waals surface area contributed by atoms with E-state index in [2.05, 4.69) is 5.32 Å². The first kappa shape index (κ1) is 17.4. The van der Waals surface area contributed by atoms with Crippen LogP contribution in [0.5, 0.6) is 0 Å². The summed E-state index contributed by atoms with van der Waals surface area (Å²) in [6.07, 6.45) is -0.329. The molecule has 24 heavy (non-hydrogen) atoms. The van der Waals surface area contributed by atoms with Crippen molar-refractivity contribution in [3.8, 4) is 0 Å². The van der Waals surface area contributed by atoms with E-state index in [0.29, 0.717) is 5.56 Å². The van der Waals surface area contributed by atoms with Gasteiger partial charge in [-0.15, -0.1) is 0 Å². The van der Waals surface area contributed by atoms with Gasteiger partial charge in [0.1, 0.15) is 0 Å². The van der Waals surface area contributed by atoms with Gasteiger partial charge in [-0.3, -0.25) is 14.9 Å². The van der Waals surface area contributed by atoms with Crippen LogP contribution in [-0.2, 0) is 16.0 Å². The van der Waals surface area contributed by atoms with Gasteiger partial charge in [-0.2, -0.15) is 0 Å². The summed E-state index contributed by atoms with van der Waals surface area (Å²) in [6, 6.07) is 10.9. The van der Waals surface area contributed by atoms with Crippen molar-refractivity contribution in [3.63, 3.8) is 0 Å². The van der Waals surface area contributed by atoms with Crippen LogP contribution in [0.2, 0.25) is 5.02 Å². The largest absolute Gasteiger partial charge is 0.479 e. The topological polar surface area (TPSA) is 110 Å². The lowest BCUT2D eigenvalue weighted by molar-refractivity contribution is -0.385. The van der Waals surface area contributed by atoms with Crippen LogP contribution >= 0.6 is 11.6 Å². The number of hydrogen-bond donors (Lipinski definition) is 2. The molecule has 2 aromatic rings. The molecule has 0 aliphatic carbocycles. The molecule has 0 unspecified atom stereocenters. The SMILES string of the molecule is O=C(Cc1ccc(Cl)cc1[N+](=O)[O-])N[C@@H](C(=O)O)c1ccccc1. The van der Waals surface area contributed by atoms with Gasteiger partial charge in [-0.05, 0) is 11.6 Å². The van der Waals surface area contributed by atoms with Crippen molar-refractivity contribution in [2.75, 3.05) is 0 Å². The van der Waals surface area contributed by atoms with Gasteiger partial charge in [-0.1, -0.05) is 48.0 Å². The maximum Gasteiger partial charge on any atom is 0.330 e. The van der Waals surface area contributed by atoms with Crippen LogP contribution in [0.1, 0.15) is 17.2 Å². The minimum absolute atomic E-state index is 0.152. The number of carbonyl (C=O) groups is 2. The number of carboxylic acids is 1. The number of nitrogens with zero attached hydrogens (tertiary/aromatic N) is 1. The highest BCUT2D eigenvalue weighted by atomic mass is 35.5. The van der Waals surface area contributed by atoms with Crippen LogP contribution in [0.15, 0.2) is 48.5 Å². The average Bonchev–Trinajstić information content (AvgIpc) is 2.54. The summed E-state index contributed by atoms with van der Waals surface area (Å²) < 4.78 is 0. The summed E-state index contributed by atoms with van der Waals surface area (Å²) >= 11 is 5.72. The lowest BCUT2D eigenvalue weighted by Gasteiger charge is -2.15. The van der Waals surface area contributed by atoms with E-state index in [4.69, 9.17) is 11.6 Å². The molecule has 8 heteroatoms. The fourth-order valence-corrected chi connectivity index (χ4v) is 2.34. The van der Waals surface area contributed by atoms with Gasteiger partial charge < -0.3 is 10.4 Å². The average molecular weight is 349 g/mol. The maximum absolute atomic E-state index is 12.1. The standard InChI is InChI=1S/C16H13ClN2O5/c17-12-7-6-11(13(9-12)19(23)24)8-14(20)18-15(16(21)22)10-4-2-1-3-5-10/h1-7,9,15H,8H2,(H,18,20)(H,21,22)/t15-/m1/s1. The zero-order valence-corrected chi connectivity index (χ0v) is 13.1. The fraction of sp³-hybridized carbons (Fsp3) is 0.125. The van der Waals surface area contributed by atoms with Crippen molar-refractivity contribution < 1.29 is 19.6 Å².